The van der Waals surface area contributed by atoms with Crippen LogP contribution < -0.4 is 0 Å². The second-order valence-electron chi connectivity index (χ2n) is 10.4. The van der Waals surface area contributed by atoms with E-state index in [-0.39, 0.29) is 6.04 Å². The molecule has 186 valence electrons. The molecule has 0 fully saturated rings. The first-order chi connectivity index (χ1) is 16.3. The van der Waals surface area contributed by atoms with E-state index in [0.29, 0.717) is 16.6 Å². The summed E-state index contributed by atoms with van der Waals surface area (Å²) in [4.78, 5) is 2.54. The van der Waals surface area contributed by atoms with Gasteiger partial charge in [0.15, 0.2) is 8.32 Å². The average Bonchev–Trinajstić information content (AvgIpc) is 2.81. The normalized spacial score (nSPS) is 12.9. The molecule has 0 bridgehead atoms. The third-order valence-corrected chi connectivity index (χ3v) is 13.1. The van der Waals surface area contributed by atoms with Gasteiger partial charge in [-0.1, -0.05) is 127 Å². The highest BCUT2D eigenvalue weighted by Gasteiger charge is 2.44. The van der Waals surface area contributed by atoms with E-state index in [0.717, 1.165) is 39.0 Å². The highest BCUT2D eigenvalue weighted by Crippen LogP contribution is 2.42. The Bertz CT molecular complexity index is 803. The van der Waals surface area contributed by atoms with E-state index in [1.165, 1.54) is 11.1 Å². The average molecular weight is 478 g/mol. The summed E-state index contributed by atoms with van der Waals surface area (Å²) >= 11 is 0. The molecule has 2 rings (SSSR count). The maximum absolute atomic E-state index is 6.73. The predicted molar refractivity (Wildman–Crippen MR) is 150 cm³/mol. The van der Waals surface area contributed by atoms with Gasteiger partial charge in [-0.2, -0.15) is 0 Å². The Morgan fingerprint density at radius 1 is 0.765 bits per heavy atom. The van der Waals surface area contributed by atoms with Crippen molar-refractivity contribution >= 4 is 8.32 Å². The van der Waals surface area contributed by atoms with Crippen molar-refractivity contribution in [2.24, 2.45) is 0 Å². The highest BCUT2D eigenvalue weighted by molar-refractivity contribution is 6.77. The summed E-state index contributed by atoms with van der Waals surface area (Å²) in [6, 6.07) is 21.8. The van der Waals surface area contributed by atoms with Crippen molar-refractivity contribution in [3.05, 3.63) is 71.8 Å². The van der Waals surface area contributed by atoms with Crippen molar-refractivity contribution < 1.29 is 4.43 Å². The zero-order valence-corrected chi connectivity index (χ0v) is 23.7. The van der Waals surface area contributed by atoms with Gasteiger partial charge < -0.3 is 4.43 Å². The maximum atomic E-state index is 6.73. The van der Waals surface area contributed by atoms with E-state index < -0.39 is 8.32 Å². The molecule has 0 radical (unpaired) electrons. The number of hydrogen-bond acceptors (Lipinski definition) is 2. The summed E-state index contributed by atoms with van der Waals surface area (Å²) in [5.74, 6) is 7.16. The van der Waals surface area contributed by atoms with Crippen LogP contribution in [-0.4, -0.2) is 25.9 Å². The van der Waals surface area contributed by atoms with Crippen LogP contribution in [-0.2, 0) is 17.5 Å². The van der Waals surface area contributed by atoms with Gasteiger partial charge in [-0.15, -0.1) is 0 Å². The first kappa shape index (κ1) is 28.4. The molecule has 1 atom stereocenters. The van der Waals surface area contributed by atoms with E-state index in [1.54, 1.807) is 0 Å². The monoisotopic (exact) mass is 477 g/mol. The van der Waals surface area contributed by atoms with E-state index in [1.807, 2.05) is 0 Å². The smallest absolute Gasteiger partial charge is 0.200 e. The first-order valence-electron chi connectivity index (χ1n) is 13.2. The van der Waals surface area contributed by atoms with Crippen LogP contribution in [0.2, 0.25) is 16.6 Å². The summed E-state index contributed by atoms with van der Waals surface area (Å²) in [6.07, 6.45) is 3.02. The van der Waals surface area contributed by atoms with Crippen LogP contribution in [0.5, 0.6) is 0 Å². The fourth-order valence-electron chi connectivity index (χ4n) is 5.50. The molecule has 0 N–H and O–H groups in total. The molecule has 0 aliphatic carbocycles. The van der Waals surface area contributed by atoms with Crippen LogP contribution >= 0.6 is 0 Å². The van der Waals surface area contributed by atoms with Gasteiger partial charge in [-0.05, 0) is 34.2 Å². The predicted octanol–water partition coefficient (Wildman–Crippen LogP) is 8.44. The quantitative estimate of drug-likeness (QED) is 0.163. The third-order valence-electron chi connectivity index (χ3n) is 7.01. The number of rotatable bonds is 13. The third kappa shape index (κ3) is 8.12. The Balaban J connectivity index is 2.14. The molecule has 0 saturated heterocycles. The Morgan fingerprint density at radius 2 is 1.24 bits per heavy atom. The Kier molecular flexibility index (Phi) is 12.1. The number of benzene rings is 2. The fraction of sp³-hybridized carbons (Fsp3) is 0.548. The van der Waals surface area contributed by atoms with Gasteiger partial charge in [0.2, 0.25) is 0 Å². The van der Waals surface area contributed by atoms with Crippen molar-refractivity contribution in [3.63, 3.8) is 0 Å². The topological polar surface area (TPSA) is 12.5 Å². The largest absolute Gasteiger partial charge is 0.415 e. The molecule has 2 nitrogen and oxygen atoms in total. The van der Waals surface area contributed by atoms with Crippen LogP contribution in [0.4, 0.5) is 0 Å². The lowest BCUT2D eigenvalue weighted by Crippen LogP contribution is -2.47. The van der Waals surface area contributed by atoms with Crippen molar-refractivity contribution in [2.45, 2.75) is 103 Å². The van der Waals surface area contributed by atoms with E-state index >= 15 is 0 Å². The van der Waals surface area contributed by atoms with Crippen molar-refractivity contribution in [1.29, 1.82) is 0 Å². The Labute approximate surface area is 211 Å². The molecule has 0 amide bonds. The highest BCUT2D eigenvalue weighted by atomic mass is 28.4. The minimum atomic E-state index is -1.82. The SMILES string of the molecule is CCC[C@@H](C#CCCO[Si](C(C)C)(C(C)C)C(C)C)N(Cc1ccccc1)Cc1ccccc1. The molecule has 34 heavy (non-hydrogen) atoms. The zero-order chi connectivity index (χ0) is 25.0. The van der Waals surface area contributed by atoms with Crippen LogP contribution in [0.1, 0.15) is 78.9 Å². The lowest BCUT2D eigenvalue weighted by atomic mass is 10.1. The minimum absolute atomic E-state index is 0.243. The maximum Gasteiger partial charge on any atom is 0.200 e. The van der Waals surface area contributed by atoms with Crippen molar-refractivity contribution in [3.8, 4) is 11.8 Å². The fourth-order valence-corrected chi connectivity index (χ4v) is 11.0. The number of nitrogens with zero attached hydrogens (tertiary/aromatic N) is 1. The molecule has 0 unspecified atom stereocenters. The van der Waals surface area contributed by atoms with E-state index in [2.05, 4.69) is 126 Å². The van der Waals surface area contributed by atoms with Crippen LogP contribution in [0.3, 0.4) is 0 Å². The molecular weight excluding hydrogens is 430 g/mol. The van der Waals surface area contributed by atoms with Gasteiger partial charge in [0.25, 0.3) is 0 Å². The van der Waals surface area contributed by atoms with Crippen LogP contribution in [0.25, 0.3) is 0 Å². The molecule has 0 saturated carbocycles. The molecule has 0 aromatic heterocycles. The number of hydrogen-bond donors (Lipinski definition) is 0. The second-order valence-corrected chi connectivity index (χ2v) is 15.9. The molecule has 0 heterocycles. The first-order valence-corrected chi connectivity index (χ1v) is 15.4. The molecule has 0 aliphatic rings. The standard InChI is InChI=1S/C31H47NOSi/c1-8-17-31(22-15-16-23-33-34(26(2)3,27(4)5)28(6)7)32(24-29-18-11-9-12-19-29)25-30-20-13-10-14-21-30/h9-14,18-21,26-28,31H,8,16-17,23-25H2,1-7H3/t31-/m0/s1. The summed E-state index contributed by atoms with van der Waals surface area (Å²) in [5.41, 5.74) is 4.51. The molecule has 3 heteroatoms. The lowest BCUT2D eigenvalue weighted by molar-refractivity contribution is 0.207. The summed E-state index contributed by atoms with van der Waals surface area (Å²) < 4.78 is 6.73. The summed E-state index contributed by atoms with van der Waals surface area (Å²) in [6.45, 7) is 18.9. The van der Waals surface area contributed by atoms with Crippen molar-refractivity contribution in [1.82, 2.24) is 4.90 Å². The molecule has 0 spiro atoms. The van der Waals surface area contributed by atoms with Crippen LogP contribution in [0.15, 0.2) is 60.7 Å². The zero-order valence-electron chi connectivity index (χ0n) is 22.7. The van der Waals surface area contributed by atoms with Gasteiger partial charge in [0, 0.05) is 26.1 Å². The molecule has 0 aliphatic heterocycles. The molecular formula is C31H47NOSi. The van der Waals surface area contributed by atoms with Crippen molar-refractivity contribution in [2.75, 3.05) is 6.61 Å². The van der Waals surface area contributed by atoms with E-state index in [9.17, 15) is 0 Å². The summed E-state index contributed by atoms with van der Waals surface area (Å²) in [7, 11) is -1.82. The van der Waals surface area contributed by atoms with Gasteiger partial charge in [-0.25, -0.2) is 0 Å². The lowest BCUT2D eigenvalue weighted by Gasteiger charge is -2.42. The van der Waals surface area contributed by atoms with Gasteiger partial charge in [0.05, 0.1) is 6.04 Å². The van der Waals surface area contributed by atoms with Gasteiger partial charge >= 0.3 is 0 Å². The Morgan fingerprint density at radius 3 is 1.65 bits per heavy atom. The molecule has 2 aromatic rings. The second kappa shape index (κ2) is 14.5. The minimum Gasteiger partial charge on any atom is -0.415 e. The van der Waals surface area contributed by atoms with Crippen LogP contribution in [0, 0.1) is 11.8 Å². The molecule has 2 aromatic carbocycles. The summed E-state index contributed by atoms with van der Waals surface area (Å²) in [5, 5.41) is 0. The Hall–Kier alpha value is -1.86. The van der Waals surface area contributed by atoms with Gasteiger partial charge in [-0.3, -0.25) is 4.90 Å². The van der Waals surface area contributed by atoms with E-state index in [4.69, 9.17) is 4.43 Å². The van der Waals surface area contributed by atoms with Gasteiger partial charge in [0.1, 0.15) is 0 Å².